The van der Waals surface area contributed by atoms with Gasteiger partial charge in [0.2, 0.25) is 11.7 Å². The van der Waals surface area contributed by atoms with Gasteiger partial charge in [-0.3, -0.25) is 14.5 Å². The normalized spacial score (nSPS) is 14.7. The Morgan fingerprint density at radius 1 is 1.05 bits per heavy atom. The number of amides is 1. The molecule has 1 amide bonds. The van der Waals surface area contributed by atoms with Crippen LogP contribution in [0.5, 0.6) is 5.75 Å². The number of ether oxygens (including phenoxy) is 1. The molecule has 3 rings (SSSR count). The molecule has 0 atom stereocenters. The van der Waals surface area contributed by atoms with Crippen LogP contribution < -0.4 is 9.64 Å². The van der Waals surface area contributed by atoms with E-state index in [9.17, 15) is 9.59 Å². The van der Waals surface area contributed by atoms with Gasteiger partial charge >= 0.3 is 0 Å². The van der Waals surface area contributed by atoms with Crippen molar-refractivity contribution in [3.63, 3.8) is 0 Å². The van der Waals surface area contributed by atoms with Crippen LogP contribution >= 0.6 is 0 Å². The lowest BCUT2D eigenvalue weighted by Gasteiger charge is -2.16. The molecule has 4 heteroatoms. The third-order valence-electron chi connectivity index (χ3n) is 3.20. The molecule has 0 spiro atoms. The van der Waals surface area contributed by atoms with Gasteiger partial charge in [0.05, 0.1) is 11.8 Å². The summed E-state index contributed by atoms with van der Waals surface area (Å²) in [6, 6.07) is 16.1. The average molecular weight is 279 g/mol. The number of nitrogens with zero attached hydrogens (tertiary/aromatic N) is 1. The van der Waals surface area contributed by atoms with E-state index in [1.54, 1.807) is 36.4 Å². The van der Waals surface area contributed by atoms with E-state index in [1.807, 2.05) is 18.2 Å². The Morgan fingerprint density at radius 3 is 2.38 bits per heavy atom. The molecule has 0 bridgehead atoms. The molecule has 0 aromatic heterocycles. The lowest BCUT2D eigenvalue weighted by molar-refractivity contribution is -0.116. The number of rotatable bonds is 2. The maximum atomic E-state index is 12.3. The molecule has 1 aliphatic heterocycles. The first-order valence-corrected chi connectivity index (χ1v) is 6.55. The van der Waals surface area contributed by atoms with Gasteiger partial charge in [0, 0.05) is 12.6 Å². The monoisotopic (exact) mass is 279 g/mol. The number of allylic oxidation sites excluding steroid dienone is 1. The summed E-state index contributed by atoms with van der Waals surface area (Å²) in [7, 11) is 0. The van der Waals surface area contributed by atoms with Crippen LogP contribution in [0.3, 0.4) is 0 Å². The van der Waals surface area contributed by atoms with E-state index in [-0.39, 0.29) is 17.4 Å². The Bertz CT molecular complexity index is 735. The Kier molecular flexibility index (Phi) is 3.28. The number of hydrogen-bond acceptors (Lipinski definition) is 3. The number of anilines is 1. The number of Topliss-reactive ketones (excluding diaryl/α,β-unsaturated/α-hetero) is 1. The van der Waals surface area contributed by atoms with Crippen molar-refractivity contribution in [1.29, 1.82) is 0 Å². The van der Waals surface area contributed by atoms with Crippen LogP contribution in [0.15, 0.2) is 66.6 Å². The van der Waals surface area contributed by atoms with Gasteiger partial charge in [-0.05, 0) is 24.3 Å². The minimum absolute atomic E-state index is 0.148. The molecule has 2 aromatic rings. The molecule has 0 N–H and O–H groups in total. The summed E-state index contributed by atoms with van der Waals surface area (Å²) >= 11 is 0. The lowest BCUT2D eigenvalue weighted by Crippen LogP contribution is -2.23. The summed E-state index contributed by atoms with van der Waals surface area (Å²) < 4.78 is 5.54. The SMILES string of the molecule is CC(=O)N(C=C1Oc2ccccc2C1=O)c1ccccc1. The minimum Gasteiger partial charge on any atom is -0.451 e. The fraction of sp³-hybridized carbons (Fsp3) is 0.0588. The molecule has 0 saturated carbocycles. The second-order valence-electron chi connectivity index (χ2n) is 4.65. The summed E-state index contributed by atoms with van der Waals surface area (Å²) in [5.41, 5.74) is 1.20. The molecule has 21 heavy (non-hydrogen) atoms. The van der Waals surface area contributed by atoms with Crippen molar-refractivity contribution >= 4 is 17.4 Å². The maximum absolute atomic E-state index is 12.3. The maximum Gasteiger partial charge on any atom is 0.233 e. The van der Waals surface area contributed by atoms with Crippen molar-refractivity contribution in [2.24, 2.45) is 0 Å². The second-order valence-corrected chi connectivity index (χ2v) is 4.65. The Labute approximate surface area is 122 Å². The van der Waals surface area contributed by atoms with E-state index >= 15 is 0 Å². The molecular formula is C17H13NO3. The standard InChI is InChI=1S/C17H13NO3/c1-12(19)18(13-7-3-2-4-8-13)11-16-17(20)14-9-5-6-10-15(14)21-16/h2-11H,1H3. The first kappa shape index (κ1) is 13.1. The highest BCUT2D eigenvalue weighted by Crippen LogP contribution is 2.31. The molecule has 0 aliphatic carbocycles. The van der Waals surface area contributed by atoms with Crippen LogP contribution in [0.4, 0.5) is 5.69 Å². The van der Waals surface area contributed by atoms with Crippen molar-refractivity contribution < 1.29 is 14.3 Å². The Hall–Kier alpha value is -2.88. The van der Waals surface area contributed by atoms with E-state index < -0.39 is 0 Å². The molecule has 4 nitrogen and oxygen atoms in total. The van der Waals surface area contributed by atoms with Crippen LogP contribution in [-0.2, 0) is 4.79 Å². The van der Waals surface area contributed by atoms with E-state index in [1.165, 1.54) is 18.0 Å². The summed E-state index contributed by atoms with van der Waals surface area (Å²) in [6.07, 6.45) is 1.44. The Balaban J connectivity index is 1.98. The number of hydrogen-bond donors (Lipinski definition) is 0. The first-order chi connectivity index (χ1) is 10.2. The third kappa shape index (κ3) is 2.43. The van der Waals surface area contributed by atoms with Crippen LogP contribution in [0.1, 0.15) is 17.3 Å². The van der Waals surface area contributed by atoms with E-state index in [0.29, 0.717) is 17.0 Å². The average Bonchev–Trinajstić information content (AvgIpc) is 2.82. The molecule has 104 valence electrons. The number of para-hydroxylation sites is 2. The smallest absolute Gasteiger partial charge is 0.233 e. The Morgan fingerprint density at radius 2 is 1.71 bits per heavy atom. The number of benzene rings is 2. The summed E-state index contributed by atoms with van der Waals surface area (Å²) in [5.74, 6) is 0.259. The molecule has 2 aromatic carbocycles. The van der Waals surface area contributed by atoms with Crippen molar-refractivity contribution in [2.75, 3.05) is 4.90 Å². The quantitative estimate of drug-likeness (QED) is 0.793. The predicted octanol–water partition coefficient (Wildman–Crippen LogP) is 3.16. The first-order valence-electron chi connectivity index (χ1n) is 6.55. The molecule has 0 radical (unpaired) electrons. The van der Waals surface area contributed by atoms with Crippen LogP contribution in [0.25, 0.3) is 0 Å². The molecule has 0 unspecified atom stereocenters. The van der Waals surface area contributed by atoms with Gasteiger partial charge in [-0.25, -0.2) is 0 Å². The summed E-state index contributed by atoms with van der Waals surface area (Å²) in [6.45, 7) is 1.44. The van der Waals surface area contributed by atoms with Gasteiger partial charge in [-0.1, -0.05) is 30.3 Å². The van der Waals surface area contributed by atoms with E-state index in [0.717, 1.165) is 0 Å². The van der Waals surface area contributed by atoms with Crippen LogP contribution in [-0.4, -0.2) is 11.7 Å². The number of fused-ring (bicyclic) bond motifs is 1. The second kappa shape index (κ2) is 5.25. The molecule has 0 fully saturated rings. The zero-order valence-electron chi connectivity index (χ0n) is 11.4. The van der Waals surface area contributed by atoms with Gasteiger partial charge in [0.1, 0.15) is 5.75 Å². The van der Waals surface area contributed by atoms with Crippen molar-refractivity contribution in [1.82, 2.24) is 0 Å². The topological polar surface area (TPSA) is 46.6 Å². The molecule has 1 aliphatic rings. The van der Waals surface area contributed by atoms with Crippen molar-refractivity contribution in [3.05, 3.63) is 72.1 Å². The third-order valence-corrected chi connectivity index (χ3v) is 3.20. The fourth-order valence-electron chi connectivity index (χ4n) is 2.18. The van der Waals surface area contributed by atoms with Gasteiger partial charge in [-0.2, -0.15) is 0 Å². The summed E-state index contributed by atoms with van der Waals surface area (Å²) in [5, 5.41) is 0. The molecule has 0 saturated heterocycles. The van der Waals surface area contributed by atoms with Gasteiger partial charge in [0.15, 0.2) is 5.76 Å². The van der Waals surface area contributed by atoms with Gasteiger partial charge in [0.25, 0.3) is 0 Å². The van der Waals surface area contributed by atoms with Crippen molar-refractivity contribution in [3.8, 4) is 5.75 Å². The fourth-order valence-corrected chi connectivity index (χ4v) is 2.18. The van der Waals surface area contributed by atoms with Crippen molar-refractivity contribution in [2.45, 2.75) is 6.92 Å². The molecular weight excluding hydrogens is 266 g/mol. The summed E-state index contributed by atoms with van der Waals surface area (Å²) in [4.78, 5) is 25.5. The lowest BCUT2D eigenvalue weighted by atomic mass is 10.1. The van der Waals surface area contributed by atoms with Gasteiger partial charge < -0.3 is 4.74 Å². The number of carbonyl (C=O) groups is 2. The largest absolute Gasteiger partial charge is 0.451 e. The zero-order valence-corrected chi connectivity index (χ0v) is 11.4. The van der Waals surface area contributed by atoms with Crippen LogP contribution in [0.2, 0.25) is 0 Å². The molecule has 1 heterocycles. The zero-order chi connectivity index (χ0) is 14.8. The van der Waals surface area contributed by atoms with Gasteiger partial charge in [-0.15, -0.1) is 0 Å². The highest BCUT2D eigenvalue weighted by molar-refractivity contribution is 6.13. The van der Waals surface area contributed by atoms with E-state index in [4.69, 9.17) is 4.74 Å². The minimum atomic E-state index is -0.215. The van der Waals surface area contributed by atoms with Crippen LogP contribution in [0, 0.1) is 0 Å². The predicted molar refractivity (Wildman–Crippen MR) is 79.1 cm³/mol. The highest BCUT2D eigenvalue weighted by atomic mass is 16.5. The highest BCUT2D eigenvalue weighted by Gasteiger charge is 2.28. The van der Waals surface area contributed by atoms with E-state index in [2.05, 4.69) is 0 Å². The number of carbonyl (C=O) groups excluding carboxylic acids is 2. The number of ketones is 1.